The van der Waals surface area contributed by atoms with Crippen molar-refractivity contribution in [2.75, 3.05) is 19.3 Å². The van der Waals surface area contributed by atoms with E-state index in [1.807, 2.05) is 36.5 Å². The summed E-state index contributed by atoms with van der Waals surface area (Å²) in [6.07, 6.45) is 7.06. The Hall–Kier alpha value is -2.58. The first-order valence-electron chi connectivity index (χ1n) is 9.78. The summed E-state index contributed by atoms with van der Waals surface area (Å²) in [5, 5.41) is 8.47. The number of likely N-dealkylation sites (tertiary alicyclic amines) is 1. The Kier molecular flexibility index (Phi) is 5.73. The average molecular weight is 412 g/mol. The van der Waals surface area contributed by atoms with E-state index in [-0.39, 0.29) is 5.75 Å². The average Bonchev–Trinajstić information content (AvgIpc) is 3.17. The molecule has 0 atom stereocenters. The Bertz CT molecular complexity index is 1060. The van der Waals surface area contributed by atoms with Crippen LogP contribution >= 0.6 is 0 Å². The molecule has 0 amide bonds. The molecule has 1 aliphatic heterocycles. The normalized spacial score (nSPS) is 16.2. The molecule has 0 saturated carbocycles. The van der Waals surface area contributed by atoms with Crippen LogP contribution in [0.2, 0.25) is 0 Å². The van der Waals surface area contributed by atoms with Crippen molar-refractivity contribution in [2.45, 2.75) is 31.1 Å². The Balaban J connectivity index is 1.34. The maximum absolute atomic E-state index is 11.6. The van der Waals surface area contributed by atoms with Gasteiger partial charge in [-0.25, -0.2) is 18.1 Å². The molecule has 4 rings (SSSR count). The van der Waals surface area contributed by atoms with Crippen LogP contribution in [0.4, 0.5) is 0 Å². The van der Waals surface area contributed by atoms with Crippen LogP contribution in [-0.4, -0.2) is 52.6 Å². The number of pyridine rings is 1. The second-order valence-corrected chi connectivity index (χ2v) is 9.85. The molecule has 0 radical (unpaired) electrons. The number of sulfone groups is 1. The molecule has 1 saturated heterocycles. The first-order valence-corrected chi connectivity index (χ1v) is 11.8. The fourth-order valence-electron chi connectivity index (χ4n) is 3.87. The first kappa shape index (κ1) is 19.7. The summed E-state index contributed by atoms with van der Waals surface area (Å²) in [4.78, 5) is 6.68. The Morgan fingerprint density at radius 3 is 2.66 bits per heavy atom. The van der Waals surface area contributed by atoms with E-state index in [2.05, 4.69) is 32.3 Å². The zero-order chi connectivity index (χ0) is 20.3. The summed E-state index contributed by atoms with van der Waals surface area (Å²) in [5.74, 6) is 1.33. The molecule has 7 nitrogen and oxygen atoms in total. The van der Waals surface area contributed by atoms with Gasteiger partial charge in [0.1, 0.15) is 0 Å². The highest BCUT2D eigenvalue weighted by molar-refractivity contribution is 7.89. The molecule has 8 heteroatoms. The van der Waals surface area contributed by atoms with Crippen LogP contribution in [-0.2, 0) is 22.1 Å². The van der Waals surface area contributed by atoms with E-state index in [0.717, 1.165) is 49.6 Å². The molecule has 0 spiro atoms. The molecule has 3 heterocycles. The number of hydrogen-bond donors (Lipinski definition) is 0. The number of piperidine rings is 1. The number of rotatable bonds is 6. The first-order chi connectivity index (χ1) is 14.0. The van der Waals surface area contributed by atoms with Crippen molar-refractivity contribution >= 4 is 9.84 Å². The van der Waals surface area contributed by atoms with E-state index in [1.54, 1.807) is 10.9 Å². The van der Waals surface area contributed by atoms with E-state index in [0.29, 0.717) is 5.92 Å². The fourth-order valence-corrected chi connectivity index (χ4v) is 4.65. The van der Waals surface area contributed by atoms with Gasteiger partial charge in [-0.2, -0.15) is 0 Å². The summed E-state index contributed by atoms with van der Waals surface area (Å²) in [5.41, 5.74) is 3.05. The summed E-state index contributed by atoms with van der Waals surface area (Å²) in [6.45, 7) is 2.74. The van der Waals surface area contributed by atoms with Crippen LogP contribution in [0.1, 0.15) is 35.6 Å². The SMILES string of the molecule is CS(=O)(=O)Cc1cccc(C2CCN(Cc3cn(-c4ccccn4)nn3)CC2)c1. The molecule has 1 fully saturated rings. The monoisotopic (exact) mass is 411 g/mol. The molecule has 2 aromatic heterocycles. The zero-order valence-corrected chi connectivity index (χ0v) is 17.3. The van der Waals surface area contributed by atoms with E-state index in [9.17, 15) is 8.42 Å². The van der Waals surface area contributed by atoms with Crippen LogP contribution in [0.15, 0.2) is 54.9 Å². The molecule has 0 aliphatic carbocycles. The predicted octanol–water partition coefficient (Wildman–Crippen LogP) is 2.59. The van der Waals surface area contributed by atoms with Gasteiger partial charge in [-0.1, -0.05) is 35.5 Å². The van der Waals surface area contributed by atoms with Crippen molar-refractivity contribution in [1.82, 2.24) is 24.9 Å². The molecule has 3 aromatic rings. The van der Waals surface area contributed by atoms with Crippen LogP contribution in [0.5, 0.6) is 0 Å². The lowest BCUT2D eigenvalue weighted by atomic mass is 9.88. The van der Waals surface area contributed by atoms with E-state index in [1.165, 1.54) is 11.8 Å². The molecule has 1 aliphatic rings. The van der Waals surface area contributed by atoms with Gasteiger partial charge in [0.15, 0.2) is 15.7 Å². The molecule has 152 valence electrons. The Morgan fingerprint density at radius 1 is 1.10 bits per heavy atom. The minimum Gasteiger partial charge on any atom is -0.297 e. The van der Waals surface area contributed by atoms with Gasteiger partial charge in [0.05, 0.1) is 17.6 Å². The largest absolute Gasteiger partial charge is 0.297 e. The number of hydrogen-bond acceptors (Lipinski definition) is 6. The second kappa shape index (κ2) is 8.42. The summed E-state index contributed by atoms with van der Waals surface area (Å²) in [6, 6.07) is 13.7. The fraction of sp³-hybridized carbons (Fsp3) is 0.381. The lowest BCUT2D eigenvalue weighted by Gasteiger charge is -2.31. The van der Waals surface area contributed by atoms with Crippen molar-refractivity contribution in [1.29, 1.82) is 0 Å². The van der Waals surface area contributed by atoms with Gasteiger partial charge in [-0.3, -0.25) is 4.90 Å². The predicted molar refractivity (Wildman–Crippen MR) is 111 cm³/mol. The van der Waals surface area contributed by atoms with Crippen molar-refractivity contribution in [3.05, 3.63) is 71.7 Å². The quantitative estimate of drug-likeness (QED) is 0.620. The minimum atomic E-state index is -3.01. The summed E-state index contributed by atoms with van der Waals surface area (Å²) in [7, 11) is -3.01. The highest BCUT2D eigenvalue weighted by Crippen LogP contribution is 2.29. The van der Waals surface area contributed by atoms with Crippen LogP contribution in [0.3, 0.4) is 0 Å². The number of nitrogens with zero attached hydrogens (tertiary/aromatic N) is 5. The lowest BCUT2D eigenvalue weighted by molar-refractivity contribution is 0.202. The molecular formula is C21H25N5O2S. The number of aromatic nitrogens is 4. The lowest BCUT2D eigenvalue weighted by Crippen LogP contribution is -2.32. The molecule has 1 aromatic carbocycles. The van der Waals surface area contributed by atoms with Crippen LogP contribution in [0, 0.1) is 0 Å². The van der Waals surface area contributed by atoms with Crippen LogP contribution in [0.25, 0.3) is 5.82 Å². The molecule has 0 N–H and O–H groups in total. The molecular weight excluding hydrogens is 386 g/mol. The zero-order valence-electron chi connectivity index (χ0n) is 16.5. The summed E-state index contributed by atoms with van der Waals surface area (Å²) < 4.78 is 24.9. The smallest absolute Gasteiger partial charge is 0.155 e. The molecule has 29 heavy (non-hydrogen) atoms. The van der Waals surface area contributed by atoms with Crippen molar-refractivity contribution in [2.24, 2.45) is 0 Å². The van der Waals surface area contributed by atoms with Gasteiger partial charge in [0, 0.05) is 19.0 Å². The maximum atomic E-state index is 11.6. The highest BCUT2D eigenvalue weighted by Gasteiger charge is 2.22. The van der Waals surface area contributed by atoms with E-state index in [4.69, 9.17) is 0 Å². The van der Waals surface area contributed by atoms with Gasteiger partial charge < -0.3 is 0 Å². The highest BCUT2D eigenvalue weighted by atomic mass is 32.2. The number of benzene rings is 1. The summed E-state index contributed by atoms with van der Waals surface area (Å²) >= 11 is 0. The Labute approximate surface area is 171 Å². The third-order valence-corrected chi connectivity index (χ3v) is 6.11. The van der Waals surface area contributed by atoms with E-state index < -0.39 is 9.84 Å². The third kappa shape index (κ3) is 5.27. The van der Waals surface area contributed by atoms with E-state index >= 15 is 0 Å². The van der Waals surface area contributed by atoms with Gasteiger partial charge in [0.2, 0.25) is 0 Å². The maximum Gasteiger partial charge on any atom is 0.155 e. The van der Waals surface area contributed by atoms with Crippen molar-refractivity contribution in [3.8, 4) is 5.82 Å². The van der Waals surface area contributed by atoms with Gasteiger partial charge >= 0.3 is 0 Å². The Morgan fingerprint density at radius 2 is 1.93 bits per heavy atom. The molecule has 0 unspecified atom stereocenters. The third-order valence-electron chi connectivity index (χ3n) is 5.25. The standard InChI is InChI=1S/C21H25N5O2S/c1-29(27,28)16-17-5-4-6-19(13-17)18-8-11-25(12-9-18)14-20-15-26(24-23-20)21-7-2-3-10-22-21/h2-7,10,13,15,18H,8-9,11-12,14,16H2,1H3. The van der Waals surface area contributed by atoms with Crippen LogP contribution < -0.4 is 0 Å². The van der Waals surface area contributed by atoms with Crippen molar-refractivity contribution < 1.29 is 8.42 Å². The molecule has 0 bridgehead atoms. The topological polar surface area (TPSA) is 81.0 Å². The van der Waals surface area contributed by atoms with Gasteiger partial charge in [-0.05, 0) is 55.1 Å². The second-order valence-electron chi connectivity index (χ2n) is 7.71. The van der Waals surface area contributed by atoms with Gasteiger partial charge in [-0.15, -0.1) is 5.10 Å². The van der Waals surface area contributed by atoms with Gasteiger partial charge in [0.25, 0.3) is 0 Å². The minimum absolute atomic E-state index is 0.103. The van der Waals surface area contributed by atoms with Crippen molar-refractivity contribution in [3.63, 3.8) is 0 Å².